The van der Waals surface area contributed by atoms with Gasteiger partial charge in [-0.15, -0.1) is 23.7 Å². The predicted octanol–water partition coefficient (Wildman–Crippen LogP) is 1.77. The number of rotatable bonds is 2. The summed E-state index contributed by atoms with van der Waals surface area (Å²) < 4.78 is 27.2. The lowest BCUT2D eigenvalue weighted by atomic mass is 10.3. The smallest absolute Gasteiger partial charge is 0.253 e. The molecule has 0 amide bonds. The summed E-state index contributed by atoms with van der Waals surface area (Å²) in [6, 6.07) is 1.96. The summed E-state index contributed by atoms with van der Waals surface area (Å²) in [5.41, 5.74) is 0.859. The van der Waals surface area contributed by atoms with Crippen molar-refractivity contribution < 1.29 is 8.42 Å². The lowest BCUT2D eigenvalue weighted by molar-refractivity contribution is 0.284. The molecule has 0 bridgehead atoms. The van der Waals surface area contributed by atoms with Crippen molar-refractivity contribution in [2.75, 3.05) is 19.6 Å². The van der Waals surface area contributed by atoms with Crippen LogP contribution in [0.15, 0.2) is 10.3 Å². The van der Waals surface area contributed by atoms with Crippen molar-refractivity contribution in [3.8, 4) is 0 Å². The lowest BCUT2D eigenvalue weighted by Gasteiger charge is -2.32. The summed E-state index contributed by atoms with van der Waals surface area (Å²) in [5, 5.41) is 3.21. The largest absolute Gasteiger partial charge is 0.314 e. The van der Waals surface area contributed by atoms with Gasteiger partial charge in [0.15, 0.2) is 0 Å². The molecule has 1 aliphatic rings. The number of halogens is 1. The van der Waals surface area contributed by atoms with Crippen LogP contribution < -0.4 is 5.32 Å². The van der Waals surface area contributed by atoms with E-state index in [0.29, 0.717) is 10.8 Å². The molecule has 0 radical (unpaired) electrons. The summed E-state index contributed by atoms with van der Waals surface area (Å²) >= 11 is 1.37. The van der Waals surface area contributed by atoms with Crippen molar-refractivity contribution in [3.63, 3.8) is 0 Å². The Balaban J connectivity index is 0.00000162. The zero-order valence-corrected chi connectivity index (χ0v) is 13.2. The van der Waals surface area contributed by atoms with E-state index in [1.54, 1.807) is 4.31 Å². The van der Waals surface area contributed by atoms with Gasteiger partial charge in [-0.25, -0.2) is 8.42 Å². The van der Waals surface area contributed by atoms with Gasteiger partial charge in [-0.05, 0) is 32.4 Å². The van der Waals surface area contributed by atoms with Gasteiger partial charge in [-0.3, -0.25) is 0 Å². The minimum atomic E-state index is -3.31. The van der Waals surface area contributed by atoms with Crippen molar-refractivity contribution in [2.45, 2.75) is 31.0 Å². The lowest BCUT2D eigenvalue weighted by Crippen LogP contribution is -2.52. The molecule has 1 N–H and O–H groups in total. The summed E-state index contributed by atoms with van der Waals surface area (Å²) in [5.74, 6) is 0. The zero-order chi connectivity index (χ0) is 12.6. The van der Waals surface area contributed by atoms with Crippen LogP contribution in [0.1, 0.15) is 17.4 Å². The zero-order valence-electron chi connectivity index (χ0n) is 10.8. The van der Waals surface area contributed by atoms with Crippen LogP contribution in [0.4, 0.5) is 0 Å². The van der Waals surface area contributed by atoms with Crippen LogP contribution in [0.25, 0.3) is 0 Å². The standard InChI is InChI=1S/C11H18N2O2S2.ClH/c1-8-6-10(3)16-11(8)17(14,15)13-5-4-12-7-9(13)2;/h6,9,12H,4-5,7H2,1-3H3;1H/t9-;/m1./s1. The minimum absolute atomic E-state index is 0. The maximum atomic E-state index is 12.5. The highest BCUT2D eigenvalue weighted by molar-refractivity contribution is 7.91. The number of hydrogen-bond donors (Lipinski definition) is 1. The molecule has 1 saturated heterocycles. The van der Waals surface area contributed by atoms with E-state index in [1.807, 2.05) is 26.8 Å². The van der Waals surface area contributed by atoms with Gasteiger partial charge in [0, 0.05) is 30.6 Å². The molecule has 0 spiro atoms. The van der Waals surface area contributed by atoms with Crippen molar-refractivity contribution in [2.24, 2.45) is 0 Å². The van der Waals surface area contributed by atoms with Gasteiger partial charge < -0.3 is 5.32 Å². The molecule has 1 aromatic heterocycles. The van der Waals surface area contributed by atoms with E-state index < -0.39 is 10.0 Å². The fourth-order valence-electron chi connectivity index (χ4n) is 2.16. The maximum absolute atomic E-state index is 12.5. The van der Waals surface area contributed by atoms with E-state index in [0.717, 1.165) is 23.5 Å². The summed E-state index contributed by atoms with van der Waals surface area (Å²) in [6.07, 6.45) is 0. The Morgan fingerprint density at radius 1 is 1.44 bits per heavy atom. The second-order valence-corrected chi connectivity index (χ2v) is 7.84. The number of aryl methyl sites for hydroxylation is 2. The average molecular weight is 311 g/mol. The Labute approximate surface area is 119 Å². The molecule has 18 heavy (non-hydrogen) atoms. The monoisotopic (exact) mass is 310 g/mol. The van der Waals surface area contributed by atoms with Crippen molar-refractivity contribution in [1.29, 1.82) is 0 Å². The van der Waals surface area contributed by atoms with E-state index in [9.17, 15) is 8.42 Å². The topological polar surface area (TPSA) is 49.4 Å². The van der Waals surface area contributed by atoms with Gasteiger partial charge in [0.1, 0.15) is 4.21 Å². The van der Waals surface area contributed by atoms with Crippen molar-refractivity contribution in [3.05, 3.63) is 16.5 Å². The van der Waals surface area contributed by atoms with Crippen molar-refractivity contribution >= 4 is 33.8 Å². The van der Waals surface area contributed by atoms with Gasteiger partial charge in [0.05, 0.1) is 0 Å². The number of sulfonamides is 1. The van der Waals surface area contributed by atoms with Crippen LogP contribution in [-0.4, -0.2) is 38.4 Å². The van der Waals surface area contributed by atoms with Crippen LogP contribution in [0.5, 0.6) is 0 Å². The third-order valence-electron chi connectivity index (χ3n) is 2.98. The van der Waals surface area contributed by atoms with E-state index in [4.69, 9.17) is 0 Å². The molecule has 2 heterocycles. The van der Waals surface area contributed by atoms with E-state index >= 15 is 0 Å². The molecule has 4 nitrogen and oxygen atoms in total. The number of nitrogens with one attached hydrogen (secondary N) is 1. The fraction of sp³-hybridized carbons (Fsp3) is 0.636. The Hall–Kier alpha value is -0.140. The Kier molecular flexibility index (Phi) is 5.20. The molecule has 1 aliphatic heterocycles. The first-order chi connectivity index (χ1) is 7.93. The summed E-state index contributed by atoms with van der Waals surface area (Å²) in [7, 11) is -3.31. The number of thiophene rings is 1. The van der Waals surface area contributed by atoms with Gasteiger partial charge in [-0.2, -0.15) is 4.31 Å². The summed E-state index contributed by atoms with van der Waals surface area (Å²) in [6.45, 7) is 7.76. The third-order valence-corrected chi connectivity index (χ3v) is 6.76. The molecule has 0 unspecified atom stereocenters. The van der Waals surface area contributed by atoms with Crippen molar-refractivity contribution in [1.82, 2.24) is 9.62 Å². The molecule has 1 aromatic rings. The van der Waals surface area contributed by atoms with Crippen LogP contribution in [0.2, 0.25) is 0 Å². The minimum Gasteiger partial charge on any atom is -0.314 e. The molecule has 7 heteroatoms. The number of nitrogens with zero attached hydrogens (tertiary/aromatic N) is 1. The first-order valence-electron chi connectivity index (χ1n) is 5.72. The third kappa shape index (κ3) is 2.88. The van der Waals surface area contributed by atoms with Crippen LogP contribution in [-0.2, 0) is 10.0 Å². The van der Waals surface area contributed by atoms with Gasteiger partial charge in [0.25, 0.3) is 10.0 Å². The SMILES string of the molecule is Cc1cc(C)c(S(=O)(=O)N2CCNC[C@H]2C)s1.Cl. The van der Waals surface area contributed by atoms with Crippen LogP contribution in [0, 0.1) is 13.8 Å². The second-order valence-electron chi connectivity index (χ2n) is 4.50. The highest BCUT2D eigenvalue weighted by Crippen LogP contribution is 2.29. The molecule has 0 saturated carbocycles. The molecule has 1 atom stereocenters. The molecule has 0 aromatic carbocycles. The molecular weight excluding hydrogens is 292 g/mol. The highest BCUT2D eigenvalue weighted by Gasteiger charge is 2.32. The highest BCUT2D eigenvalue weighted by atomic mass is 35.5. The maximum Gasteiger partial charge on any atom is 0.253 e. The number of hydrogen-bond acceptors (Lipinski definition) is 4. The first-order valence-corrected chi connectivity index (χ1v) is 7.98. The van der Waals surface area contributed by atoms with E-state index in [2.05, 4.69) is 5.32 Å². The quantitative estimate of drug-likeness (QED) is 0.905. The predicted molar refractivity (Wildman–Crippen MR) is 77.3 cm³/mol. The molecule has 1 fully saturated rings. The number of piperazine rings is 1. The molecule has 2 rings (SSSR count). The van der Waals surface area contributed by atoms with E-state index in [-0.39, 0.29) is 18.4 Å². The second kappa shape index (κ2) is 5.88. The van der Waals surface area contributed by atoms with Gasteiger partial charge in [-0.1, -0.05) is 0 Å². The van der Waals surface area contributed by atoms with Crippen LogP contribution in [0.3, 0.4) is 0 Å². The molecule has 0 aliphatic carbocycles. The van der Waals surface area contributed by atoms with Crippen LogP contribution >= 0.6 is 23.7 Å². The Morgan fingerprint density at radius 3 is 2.61 bits per heavy atom. The van der Waals surface area contributed by atoms with Gasteiger partial charge >= 0.3 is 0 Å². The fourth-order valence-corrected chi connectivity index (χ4v) is 5.57. The molecular formula is C11H19ClN2O2S2. The van der Waals surface area contributed by atoms with Gasteiger partial charge in [0.2, 0.25) is 0 Å². The Bertz CT molecular complexity index is 513. The first kappa shape index (κ1) is 15.9. The van der Waals surface area contributed by atoms with E-state index in [1.165, 1.54) is 11.3 Å². The average Bonchev–Trinajstić information content (AvgIpc) is 2.59. The summed E-state index contributed by atoms with van der Waals surface area (Å²) in [4.78, 5) is 1.05. The molecule has 104 valence electrons. The Morgan fingerprint density at radius 2 is 2.11 bits per heavy atom. The normalized spacial score (nSPS) is 21.6.